The van der Waals surface area contributed by atoms with Gasteiger partial charge in [-0.1, -0.05) is 19.1 Å². The van der Waals surface area contributed by atoms with Crippen LogP contribution in [0.3, 0.4) is 0 Å². The fourth-order valence-corrected chi connectivity index (χ4v) is 1.98. The molecule has 0 fully saturated rings. The molecule has 2 rings (SSSR count). The van der Waals surface area contributed by atoms with Gasteiger partial charge in [-0.05, 0) is 19.1 Å². The molecule has 90 valence electrons. The molecule has 2 N–H and O–H groups in total. The summed E-state index contributed by atoms with van der Waals surface area (Å²) in [7, 11) is 0. The van der Waals surface area contributed by atoms with Gasteiger partial charge in [0.25, 0.3) is 0 Å². The van der Waals surface area contributed by atoms with Gasteiger partial charge in [0.15, 0.2) is 0 Å². The van der Waals surface area contributed by atoms with Crippen LogP contribution in [0.4, 0.5) is 10.2 Å². The van der Waals surface area contributed by atoms with Gasteiger partial charge >= 0.3 is 0 Å². The first-order valence-electron chi connectivity index (χ1n) is 5.78. The zero-order valence-corrected chi connectivity index (χ0v) is 10.1. The normalized spacial score (nSPS) is 10.8. The highest BCUT2D eigenvalue weighted by molar-refractivity contribution is 5.71. The van der Waals surface area contributed by atoms with Crippen molar-refractivity contribution < 1.29 is 4.39 Å². The van der Waals surface area contributed by atoms with Crippen LogP contribution in [-0.2, 0) is 13.0 Å². The zero-order chi connectivity index (χ0) is 12.4. The van der Waals surface area contributed by atoms with Crippen LogP contribution in [0, 0.1) is 5.82 Å². The summed E-state index contributed by atoms with van der Waals surface area (Å²) in [5.74, 6) is 1.27. The van der Waals surface area contributed by atoms with Crippen molar-refractivity contribution in [1.29, 1.82) is 0 Å². The van der Waals surface area contributed by atoms with E-state index >= 15 is 0 Å². The number of hydrogen-bond donors (Lipinski definition) is 1. The molecule has 1 heterocycles. The Bertz CT molecular complexity index is 531. The lowest BCUT2D eigenvalue weighted by Gasteiger charge is -2.04. The first-order valence-corrected chi connectivity index (χ1v) is 5.78. The summed E-state index contributed by atoms with van der Waals surface area (Å²) in [5.41, 5.74) is 7.45. The van der Waals surface area contributed by atoms with Crippen molar-refractivity contribution in [2.75, 3.05) is 5.73 Å². The van der Waals surface area contributed by atoms with Crippen molar-refractivity contribution in [2.45, 2.75) is 26.8 Å². The number of nitrogens with two attached hydrogens (primary N) is 1. The lowest BCUT2D eigenvalue weighted by atomic mass is 10.1. The van der Waals surface area contributed by atoms with E-state index in [4.69, 9.17) is 5.73 Å². The van der Waals surface area contributed by atoms with Crippen LogP contribution in [0.2, 0.25) is 0 Å². The maximum atomic E-state index is 13.2. The summed E-state index contributed by atoms with van der Waals surface area (Å²) in [5, 5.41) is 0. The maximum Gasteiger partial charge on any atom is 0.131 e. The van der Waals surface area contributed by atoms with E-state index < -0.39 is 0 Å². The molecule has 0 unspecified atom stereocenters. The van der Waals surface area contributed by atoms with E-state index in [9.17, 15) is 4.39 Å². The number of anilines is 1. The average molecular weight is 233 g/mol. The molecule has 0 spiro atoms. The third-order valence-corrected chi connectivity index (χ3v) is 2.82. The molecule has 2 aromatic rings. The number of aromatic nitrogens is 2. The Balaban J connectivity index is 2.56. The quantitative estimate of drug-likeness (QED) is 0.885. The number of benzene rings is 1. The minimum atomic E-state index is -0.272. The van der Waals surface area contributed by atoms with Crippen LogP contribution in [0.1, 0.15) is 19.7 Å². The Hall–Kier alpha value is -1.84. The monoisotopic (exact) mass is 233 g/mol. The highest BCUT2D eigenvalue weighted by Gasteiger charge is 2.14. The molecule has 17 heavy (non-hydrogen) atoms. The SMILES string of the molecule is CCc1nc(-c2cccc(F)c2)c(N)n1CC. The minimum absolute atomic E-state index is 0.272. The van der Waals surface area contributed by atoms with Gasteiger partial charge in [-0.15, -0.1) is 0 Å². The molecule has 1 aromatic heterocycles. The third kappa shape index (κ3) is 2.02. The third-order valence-electron chi connectivity index (χ3n) is 2.82. The summed E-state index contributed by atoms with van der Waals surface area (Å²) < 4.78 is 15.1. The minimum Gasteiger partial charge on any atom is -0.383 e. The predicted molar refractivity (Wildman–Crippen MR) is 67.1 cm³/mol. The summed E-state index contributed by atoms with van der Waals surface area (Å²) >= 11 is 0. The maximum absolute atomic E-state index is 13.2. The summed E-state index contributed by atoms with van der Waals surface area (Å²) in [4.78, 5) is 4.48. The first-order chi connectivity index (χ1) is 8.17. The van der Waals surface area contributed by atoms with Gasteiger partial charge in [0, 0.05) is 18.5 Å². The molecule has 0 amide bonds. The van der Waals surface area contributed by atoms with Crippen LogP contribution in [0.15, 0.2) is 24.3 Å². The van der Waals surface area contributed by atoms with Crippen molar-refractivity contribution in [3.05, 3.63) is 35.9 Å². The van der Waals surface area contributed by atoms with E-state index in [0.29, 0.717) is 11.5 Å². The van der Waals surface area contributed by atoms with E-state index in [1.54, 1.807) is 6.07 Å². The molecule has 0 aliphatic heterocycles. The highest BCUT2D eigenvalue weighted by atomic mass is 19.1. The van der Waals surface area contributed by atoms with Crippen LogP contribution in [-0.4, -0.2) is 9.55 Å². The van der Waals surface area contributed by atoms with Gasteiger partial charge < -0.3 is 10.3 Å². The highest BCUT2D eigenvalue weighted by Crippen LogP contribution is 2.26. The van der Waals surface area contributed by atoms with Crippen molar-refractivity contribution in [2.24, 2.45) is 0 Å². The molecule has 4 heteroatoms. The second-order valence-corrected chi connectivity index (χ2v) is 3.87. The Morgan fingerprint density at radius 3 is 2.65 bits per heavy atom. The van der Waals surface area contributed by atoms with E-state index in [-0.39, 0.29) is 5.82 Å². The first kappa shape index (κ1) is 11.6. The topological polar surface area (TPSA) is 43.8 Å². The molecule has 3 nitrogen and oxygen atoms in total. The van der Waals surface area contributed by atoms with Gasteiger partial charge in [-0.2, -0.15) is 0 Å². The Morgan fingerprint density at radius 1 is 1.35 bits per heavy atom. The number of nitrogen functional groups attached to an aromatic ring is 1. The number of halogens is 1. The summed E-state index contributed by atoms with van der Waals surface area (Å²) in [6.07, 6.45) is 0.813. The Kier molecular flexibility index (Phi) is 3.13. The van der Waals surface area contributed by atoms with Gasteiger partial charge in [0.2, 0.25) is 0 Å². The average Bonchev–Trinajstić information content (AvgIpc) is 2.65. The van der Waals surface area contributed by atoms with Crippen LogP contribution < -0.4 is 5.73 Å². The molecule has 0 saturated heterocycles. The molecule has 0 bridgehead atoms. The number of aryl methyl sites for hydroxylation is 1. The fourth-order valence-electron chi connectivity index (χ4n) is 1.98. The smallest absolute Gasteiger partial charge is 0.131 e. The van der Waals surface area contributed by atoms with Crippen molar-refractivity contribution in [3.8, 4) is 11.3 Å². The van der Waals surface area contributed by atoms with Crippen molar-refractivity contribution >= 4 is 5.82 Å². The van der Waals surface area contributed by atoms with E-state index in [1.807, 2.05) is 24.5 Å². The fraction of sp³-hybridized carbons (Fsp3) is 0.308. The van der Waals surface area contributed by atoms with Crippen molar-refractivity contribution in [3.63, 3.8) is 0 Å². The number of rotatable bonds is 3. The standard InChI is InChI=1S/C13H16FN3/c1-3-11-16-12(13(15)17(11)4-2)9-6-5-7-10(14)8-9/h5-8H,3-4,15H2,1-2H3. The lowest BCUT2D eigenvalue weighted by molar-refractivity contribution is 0.628. The predicted octanol–water partition coefficient (Wildman–Crippen LogP) is 2.85. The number of imidazole rings is 1. The summed E-state index contributed by atoms with van der Waals surface area (Å²) in [6.45, 7) is 4.83. The molecule has 0 aliphatic carbocycles. The Labute approximate surface area is 100 Å². The van der Waals surface area contributed by atoms with E-state index in [0.717, 1.165) is 24.4 Å². The number of nitrogens with zero attached hydrogens (tertiary/aromatic N) is 2. The van der Waals surface area contributed by atoms with E-state index in [1.165, 1.54) is 12.1 Å². The van der Waals surface area contributed by atoms with Crippen LogP contribution in [0.25, 0.3) is 11.3 Å². The second-order valence-electron chi connectivity index (χ2n) is 3.87. The molecular weight excluding hydrogens is 217 g/mol. The van der Waals surface area contributed by atoms with Crippen LogP contribution in [0.5, 0.6) is 0 Å². The van der Waals surface area contributed by atoms with Gasteiger partial charge in [0.1, 0.15) is 23.2 Å². The molecule has 0 radical (unpaired) electrons. The molecule has 1 aromatic carbocycles. The van der Waals surface area contributed by atoms with Gasteiger partial charge in [-0.3, -0.25) is 0 Å². The molecule has 0 aliphatic rings. The molecule has 0 saturated carbocycles. The van der Waals surface area contributed by atoms with Crippen molar-refractivity contribution in [1.82, 2.24) is 9.55 Å². The van der Waals surface area contributed by atoms with Gasteiger partial charge in [0.05, 0.1) is 0 Å². The lowest BCUT2D eigenvalue weighted by Crippen LogP contribution is -2.04. The Morgan fingerprint density at radius 2 is 2.12 bits per heavy atom. The van der Waals surface area contributed by atoms with Gasteiger partial charge in [-0.25, -0.2) is 9.37 Å². The summed E-state index contributed by atoms with van der Waals surface area (Å²) in [6, 6.07) is 6.36. The largest absolute Gasteiger partial charge is 0.383 e. The zero-order valence-electron chi connectivity index (χ0n) is 10.1. The second kappa shape index (κ2) is 4.57. The number of hydrogen-bond acceptors (Lipinski definition) is 2. The molecular formula is C13H16FN3. The van der Waals surface area contributed by atoms with E-state index in [2.05, 4.69) is 4.98 Å². The van der Waals surface area contributed by atoms with Crippen LogP contribution >= 0.6 is 0 Å². The molecule has 0 atom stereocenters.